The number of benzene rings is 1. The first-order chi connectivity index (χ1) is 8.06. The molecule has 0 spiro atoms. The molecule has 17 heavy (non-hydrogen) atoms. The quantitative estimate of drug-likeness (QED) is 0.926. The van der Waals surface area contributed by atoms with Gasteiger partial charge in [-0.05, 0) is 38.0 Å². The maximum Gasteiger partial charge on any atom is 0.260 e. The van der Waals surface area contributed by atoms with Gasteiger partial charge in [0.25, 0.3) is 5.91 Å². The van der Waals surface area contributed by atoms with Crippen molar-refractivity contribution in [2.24, 2.45) is 0 Å². The lowest BCUT2D eigenvalue weighted by molar-refractivity contribution is -0.127. The van der Waals surface area contributed by atoms with Gasteiger partial charge in [0.2, 0.25) is 0 Å². The molecule has 1 aromatic rings. The monoisotopic (exact) mass is 317 g/mol. The third kappa shape index (κ3) is 3.61. The summed E-state index contributed by atoms with van der Waals surface area (Å²) in [7, 11) is 0. The molecule has 1 fully saturated rings. The number of ether oxygens (including phenoxy) is 1. The summed E-state index contributed by atoms with van der Waals surface area (Å²) >= 11 is 9.32. The molecule has 2 rings (SSSR count). The van der Waals surface area contributed by atoms with Crippen molar-refractivity contribution in [2.75, 3.05) is 0 Å². The predicted octanol–water partition coefficient (Wildman–Crippen LogP) is 3.15. The van der Waals surface area contributed by atoms with Gasteiger partial charge in [0.15, 0.2) is 6.10 Å². The Hall–Kier alpha value is -0.740. The van der Waals surface area contributed by atoms with E-state index in [1.807, 2.05) is 6.07 Å². The summed E-state index contributed by atoms with van der Waals surface area (Å²) in [6, 6.07) is 5.64. The van der Waals surface area contributed by atoms with Gasteiger partial charge < -0.3 is 10.1 Å². The summed E-state index contributed by atoms with van der Waals surface area (Å²) < 4.78 is 6.41. The van der Waals surface area contributed by atoms with Crippen molar-refractivity contribution in [3.8, 4) is 5.75 Å². The summed E-state index contributed by atoms with van der Waals surface area (Å²) in [6.45, 7) is 1.72. The Morgan fingerprint density at radius 2 is 2.29 bits per heavy atom. The van der Waals surface area contributed by atoms with E-state index < -0.39 is 6.10 Å². The first-order valence-corrected chi connectivity index (χ1v) is 6.65. The molecular weight excluding hydrogens is 305 g/mol. The third-order valence-electron chi connectivity index (χ3n) is 2.49. The summed E-state index contributed by atoms with van der Waals surface area (Å²) in [6.07, 6.45) is 1.59. The van der Waals surface area contributed by atoms with Crippen molar-refractivity contribution in [1.29, 1.82) is 0 Å². The van der Waals surface area contributed by atoms with E-state index in [4.69, 9.17) is 16.3 Å². The van der Waals surface area contributed by atoms with E-state index in [2.05, 4.69) is 21.2 Å². The molecule has 1 unspecified atom stereocenters. The van der Waals surface area contributed by atoms with Crippen LogP contribution in [0.4, 0.5) is 0 Å². The molecule has 0 aromatic heterocycles. The standard InChI is InChI=1S/C12H13BrClNO2/c1-7(12(16)15-9-3-4-9)17-11-6-8(13)2-5-10(11)14/h2,5-7,9H,3-4H2,1H3,(H,15,16). The van der Waals surface area contributed by atoms with Gasteiger partial charge in [0.1, 0.15) is 5.75 Å². The summed E-state index contributed by atoms with van der Waals surface area (Å²) in [4.78, 5) is 11.7. The van der Waals surface area contributed by atoms with Crippen LogP contribution >= 0.6 is 27.5 Å². The van der Waals surface area contributed by atoms with E-state index in [0.29, 0.717) is 16.8 Å². The van der Waals surface area contributed by atoms with Crippen LogP contribution in [0.5, 0.6) is 5.75 Å². The zero-order chi connectivity index (χ0) is 12.4. The second-order valence-corrected chi connectivity index (χ2v) is 5.44. The lowest BCUT2D eigenvalue weighted by Crippen LogP contribution is -2.37. The highest BCUT2D eigenvalue weighted by molar-refractivity contribution is 9.10. The van der Waals surface area contributed by atoms with Crippen LogP contribution in [0, 0.1) is 0 Å². The first-order valence-electron chi connectivity index (χ1n) is 5.48. The first kappa shape index (κ1) is 12.7. The average Bonchev–Trinajstić information content (AvgIpc) is 3.07. The van der Waals surface area contributed by atoms with Gasteiger partial charge in [-0.25, -0.2) is 0 Å². The zero-order valence-corrected chi connectivity index (χ0v) is 11.7. The Labute approximate surface area is 114 Å². The lowest BCUT2D eigenvalue weighted by atomic mass is 10.3. The SMILES string of the molecule is CC(Oc1cc(Br)ccc1Cl)C(=O)NC1CC1. The number of hydrogen-bond acceptors (Lipinski definition) is 2. The molecule has 0 heterocycles. The summed E-state index contributed by atoms with van der Waals surface area (Å²) in [5, 5.41) is 3.39. The Kier molecular flexibility index (Phi) is 3.94. The molecular formula is C12H13BrClNO2. The van der Waals surface area contributed by atoms with Crippen LogP contribution in [0.25, 0.3) is 0 Å². The molecule has 0 bridgehead atoms. The van der Waals surface area contributed by atoms with E-state index in [0.717, 1.165) is 17.3 Å². The molecule has 1 N–H and O–H groups in total. The number of carbonyl (C=O) groups is 1. The molecule has 3 nitrogen and oxygen atoms in total. The number of nitrogens with one attached hydrogen (secondary N) is 1. The zero-order valence-electron chi connectivity index (χ0n) is 9.37. The van der Waals surface area contributed by atoms with Crippen molar-refractivity contribution in [2.45, 2.75) is 31.9 Å². The van der Waals surface area contributed by atoms with E-state index in [1.165, 1.54) is 0 Å². The second-order valence-electron chi connectivity index (χ2n) is 4.12. The average molecular weight is 319 g/mol. The molecule has 1 atom stereocenters. The minimum absolute atomic E-state index is 0.0939. The molecule has 0 aliphatic heterocycles. The molecule has 1 saturated carbocycles. The molecule has 92 valence electrons. The topological polar surface area (TPSA) is 38.3 Å². The van der Waals surface area contributed by atoms with Gasteiger partial charge in [0.05, 0.1) is 5.02 Å². The fourth-order valence-electron chi connectivity index (χ4n) is 1.36. The fraction of sp³-hybridized carbons (Fsp3) is 0.417. The minimum atomic E-state index is -0.539. The Morgan fingerprint density at radius 1 is 1.59 bits per heavy atom. The van der Waals surface area contributed by atoms with Crippen molar-refractivity contribution < 1.29 is 9.53 Å². The van der Waals surface area contributed by atoms with Gasteiger partial charge in [-0.2, -0.15) is 0 Å². The van der Waals surface area contributed by atoms with E-state index in [9.17, 15) is 4.79 Å². The van der Waals surface area contributed by atoms with Gasteiger partial charge in [0, 0.05) is 10.5 Å². The molecule has 1 aliphatic carbocycles. The van der Waals surface area contributed by atoms with Crippen molar-refractivity contribution in [3.63, 3.8) is 0 Å². The van der Waals surface area contributed by atoms with Gasteiger partial charge in [-0.15, -0.1) is 0 Å². The molecule has 0 saturated heterocycles. The highest BCUT2D eigenvalue weighted by atomic mass is 79.9. The van der Waals surface area contributed by atoms with Gasteiger partial charge in [-0.3, -0.25) is 4.79 Å². The van der Waals surface area contributed by atoms with Crippen molar-refractivity contribution in [1.82, 2.24) is 5.32 Å². The molecule has 1 aromatic carbocycles. The van der Waals surface area contributed by atoms with Crippen molar-refractivity contribution in [3.05, 3.63) is 27.7 Å². The Bertz CT molecular complexity index is 435. The number of rotatable bonds is 4. The third-order valence-corrected chi connectivity index (χ3v) is 3.30. The molecule has 5 heteroatoms. The lowest BCUT2D eigenvalue weighted by Gasteiger charge is -2.15. The largest absolute Gasteiger partial charge is 0.479 e. The molecule has 1 aliphatic rings. The summed E-state index contributed by atoms with van der Waals surface area (Å²) in [5.74, 6) is 0.419. The predicted molar refractivity (Wildman–Crippen MR) is 70.4 cm³/mol. The molecule has 0 radical (unpaired) electrons. The summed E-state index contributed by atoms with van der Waals surface area (Å²) in [5.41, 5.74) is 0. The van der Waals surface area contributed by atoms with Crippen LogP contribution in [-0.2, 0) is 4.79 Å². The number of halogens is 2. The number of amides is 1. The fourth-order valence-corrected chi connectivity index (χ4v) is 1.86. The maximum absolute atomic E-state index is 11.7. The maximum atomic E-state index is 11.7. The van der Waals surface area contributed by atoms with Crippen LogP contribution in [0.1, 0.15) is 19.8 Å². The van der Waals surface area contributed by atoms with Crippen LogP contribution in [0.15, 0.2) is 22.7 Å². The highest BCUT2D eigenvalue weighted by Gasteiger charge is 2.26. The second kappa shape index (κ2) is 5.27. The van der Waals surface area contributed by atoms with E-state index >= 15 is 0 Å². The minimum Gasteiger partial charge on any atom is -0.479 e. The van der Waals surface area contributed by atoms with Crippen LogP contribution in [-0.4, -0.2) is 18.1 Å². The molecule has 1 amide bonds. The van der Waals surface area contributed by atoms with Crippen molar-refractivity contribution >= 4 is 33.4 Å². The van der Waals surface area contributed by atoms with Crippen LogP contribution < -0.4 is 10.1 Å². The number of carbonyl (C=O) groups excluding carboxylic acids is 1. The van der Waals surface area contributed by atoms with Crippen LogP contribution in [0.2, 0.25) is 5.02 Å². The van der Waals surface area contributed by atoms with Gasteiger partial charge >= 0.3 is 0 Å². The van der Waals surface area contributed by atoms with E-state index in [-0.39, 0.29) is 5.91 Å². The number of hydrogen-bond donors (Lipinski definition) is 1. The Morgan fingerprint density at radius 3 is 2.94 bits per heavy atom. The smallest absolute Gasteiger partial charge is 0.260 e. The van der Waals surface area contributed by atoms with E-state index in [1.54, 1.807) is 19.1 Å². The van der Waals surface area contributed by atoms with Crippen LogP contribution in [0.3, 0.4) is 0 Å². The van der Waals surface area contributed by atoms with Gasteiger partial charge in [-0.1, -0.05) is 27.5 Å². The normalized spacial score (nSPS) is 16.4. The Balaban J connectivity index is 1.98. The highest BCUT2D eigenvalue weighted by Crippen LogP contribution is 2.29.